The molecule has 10 nitrogen and oxygen atoms in total. The van der Waals surface area contributed by atoms with E-state index in [4.69, 9.17) is 4.42 Å². The quantitative estimate of drug-likeness (QED) is 0.368. The summed E-state index contributed by atoms with van der Waals surface area (Å²) in [5.41, 5.74) is -0.747. The molecule has 3 aromatic rings. The largest absolute Gasteiger partial charge is 0.451 e. The molecule has 1 aromatic carbocycles. The minimum Gasteiger partial charge on any atom is -0.451 e. The van der Waals surface area contributed by atoms with Crippen LogP contribution in [0, 0.1) is 5.92 Å². The van der Waals surface area contributed by atoms with Crippen LogP contribution in [0.3, 0.4) is 0 Å². The van der Waals surface area contributed by atoms with E-state index in [0.29, 0.717) is 6.42 Å². The van der Waals surface area contributed by atoms with Crippen LogP contribution in [-0.2, 0) is 25.8 Å². The highest BCUT2D eigenvalue weighted by Gasteiger charge is 2.35. The number of furan rings is 1. The number of alkyl halides is 3. The zero-order chi connectivity index (χ0) is 31.4. The smallest absolute Gasteiger partial charge is 0.416 e. The number of Topliss-reactive ketones (excluding diaryl/α,β-unsaturated/α-hetero) is 1. The average molecular weight is 621 g/mol. The molecule has 3 heterocycles. The number of hydrogen-bond acceptors (Lipinski definition) is 7. The molecule has 1 saturated heterocycles. The SMILES string of the molecule is CC(C)C[C@H](NC(=O)c1ccc(-c2cccc(C(F)(F)F)c2)o1)C(=O)NC1CCCN(S(=O)(=O)c2ccccn2)CC1=O. The molecule has 2 N–H and O–H groups in total. The van der Waals surface area contributed by atoms with Gasteiger partial charge in [-0.3, -0.25) is 14.4 Å². The molecule has 2 aromatic heterocycles. The molecule has 0 saturated carbocycles. The van der Waals surface area contributed by atoms with Crippen LogP contribution in [0.4, 0.5) is 13.2 Å². The lowest BCUT2D eigenvalue weighted by Crippen LogP contribution is -2.52. The van der Waals surface area contributed by atoms with Gasteiger partial charge in [0.2, 0.25) is 5.91 Å². The number of ketones is 1. The number of sulfonamides is 1. The van der Waals surface area contributed by atoms with E-state index < -0.39 is 58.0 Å². The normalized spacial score (nSPS) is 17.3. The van der Waals surface area contributed by atoms with Crippen molar-refractivity contribution in [3.8, 4) is 11.3 Å². The lowest BCUT2D eigenvalue weighted by molar-refractivity contribution is -0.137. The summed E-state index contributed by atoms with van der Waals surface area (Å²) in [5, 5.41) is 5.06. The van der Waals surface area contributed by atoms with Crippen molar-refractivity contribution in [1.82, 2.24) is 19.9 Å². The van der Waals surface area contributed by atoms with Gasteiger partial charge in [-0.1, -0.05) is 32.0 Å². The van der Waals surface area contributed by atoms with Crippen LogP contribution in [-0.4, -0.2) is 60.5 Å². The highest BCUT2D eigenvalue weighted by atomic mass is 32.2. The lowest BCUT2D eigenvalue weighted by atomic mass is 10.0. The van der Waals surface area contributed by atoms with E-state index in [9.17, 15) is 36.0 Å². The van der Waals surface area contributed by atoms with E-state index in [0.717, 1.165) is 16.4 Å². The van der Waals surface area contributed by atoms with Crippen LogP contribution >= 0.6 is 0 Å². The van der Waals surface area contributed by atoms with Crippen LogP contribution in [0.2, 0.25) is 0 Å². The number of nitrogens with one attached hydrogen (secondary N) is 2. The Kier molecular flexibility index (Phi) is 9.70. The fourth-order valence-corrected chi connectivity index (χ4v) is 6.03. The molecule has 0 radical (unpaired) electrons. The van der Waals surface area contributed by atoms with Crippen molar-refractivity contribution in [3.63, 3.8) is 0 Å². The second-order valence-corrected chi connectivity index (χ2v) is 12.5. The Labute approximate surface area is 246 Å². The van der Waals surface area contributed by atoms with Crippen LogP contribution in [0.1, 0.15) is 49.2 Å². The van der Waals surface area contributed by atoms with Crippen molar-refractivity contribution in [1.29, 1.82) is 0 Å². The third-order valence-electron chi connectivity index (χ3n) is 6.81. The topological polar surface area (TPSA) is 139 Å². The summed E-state index contributed by atoms with van der Waals surface area (Å²) >= 11 is 0. The Balaban J connectivity index is 1.43. The molecule has 1 unspecified atom stereocenters. The van der Waals surface area contributed by atoms with Crippen LogP contribution < -0.4 is 10.6 Å². The van der Waals surface area contributed by atoms with Crippen molar-refractivity contribution in [2.45, 2.75) is 56.4 Å². The van der Waals surface area contributed by atoms with Crippen molar-refractivity contribution >= 4 is 27.6 Å². The number of halogens is 3. The molecule has 43 heavy (non-hydrogen) atoms. The Morgan fingerprint density at radius 1 is 1.12 bits per heavy atom. The fourth-order valence-electron chi connectivity index (χ4n) is 4.65. The van der Waals surface area contributed by atoms with E-state index in [1.54, 1.807) is 6.07 Å². The van der Waals surface area contributed by atoms with Crippen LogP contribution in [0.5, 0.6) is 0 Å². The monoisotopic (exact) mass is 620 g/mol. The van der Waals surface area contributed by atoms with Crippen LogP contribution in [0.15, 0.2) is 70.2 Å². The molecule has 1 fully saturated rings. The highest BCUT2D eigenvalue weighted by molar-refractivity contribution is 7.89. The summed E-state index contributed by atoms with van der Waals surface area (Å²) < 4.78 is 71.8. The molecule has 230 valence electrons. The van der Waals surface area contributed by atoms with Crippen molar-refractivity contribution < 1.29 is 40.4 Å². The first kappa shape index (κ1) is 31.9. The molecule has 0 aliphatic carbocycles. The van der Waals surface area contributed by atoms with E-state index in [1.165, 1.54) is 42.6 Å². The summed E-state index contributed by atoms with van der Waals surface area (Å²) in [7, 11) is -4.01. The molecule has 2 atom stereocenters. The van der Waals surface area contributed by atoms with Gasteiger partial charge in [-0.05, 0) is 61.6 Å². The van der Waals surface area contributed by atoms with Gasteiger partial charge in [0.15, 0.2) is 16.6 Å². The van der Waals surface area contributed by atoms with Gasteiger partial charge in [0.05, 0.1) is 18.2 Å². The zero-order valence-electron chi connectivity index (χ0n) is 23.4. The maximum atomic E-state index is 13.3. The Morgan fingerprint density at radius 3 is 2.56 bits per heavy atom. The second-order valence-electron chi connectivity index (χ2n) is 10.6. The van der Waals surface area contributed by atoms with Crippen molar-refractivity contribution in [2.75, 3.05) is 13.1 Å². The van der Waals surface area contributed by atoms with Gasteiger partial charge >= 0.3 is 6.18 Å². The van der Waals surface area contributed by atoms with Gasteiger partial charge in [0.1, 0.15) is 11.8 Å². The lowest BCUT2D eigenvalue weighted by Gasteiger charge is -2.23. The molecular weight excluding hydrogens is 589 g/mol. The number of amides is 2. The summed E-state index contributed by atoms with van der Waals surface area (Å²) in [5.74, 6) is -2.12. The van der Waals surface area contributed by atoms with Gasteiger partial charge in [-0.25, -0.2) is 13.4 Å². The maximum Gasteiger partial charge on any atom is 0.416 e. The van der Waals surface area contributed by atoms with Gasteiger partial charge in [0, 0.05) is 18.3 Å². The molecule has 1 aliphatic heterocycles. The Bertz CT molecular complexity index is 1570. The summed E-state index contributed by atoms with van der Waals surface area (Å²) in [6.07, 6.45) is -2.51. The Hall–Kier alpha value is -4.04. The molecule has 14 heteroatoms. The molecule has 1 aliphatic rings. The minimum atomic E-state index is -4.55. The van der Waals surface area contributed by atoms with E-state index in [1.807, 2.05) is 13.8 Å². The number of carbonyl (C=O) groups excluding carboxylic acids is 3. The zero-order valence-corrected chi connectivity index (χ0v) is 24.2. The van der Waals surface area contributed by atoms with E-state index in [-0.39, 0.29) is 47.4 Å². The number of aromatic nitrogens is 1. The minimum absolute atomic E-state index is 0.0374. The Morgan fingerprint density at radius 2 is 1.88 bits per heavy atom. The van der Waals surface area contributed by atoms with Gasteiger partial charge < -0.3 is 15.1 Å². The molecule has 0 bridgehead atoms. The summed E-state index contributed by atoms with van der Waals surface area (Å²) in [4.78, 5) is 43.2. The molecule has 0 spiro atoms. The van der Waals surface area contributed by atoms with Gasteiger partial charge in [-0.2, -0.15) is 17.5 Å². The first-order chi connectivity index (χ1) is 20.3. The number of pyridine rings is 1. The van der Waals surface area contributed by atoms with E-state index >= 15 is 0 Å². The number of hydrogen-bond donors (Lipinski definition) is 2. The fraction of sp³-hybridized carbons (Fsp3) is 0.379. The number of nitrogens with zero attached hydrogens (tertiary/aromatic N) is 2. The van der Waals surface area contributed by atoms with Gasteiger partial charge in [-0.15, -0.1) is 0 Å². The summed E-state index contributed by atoms with van der Waals surface area (Å²) in [6, 6.07) is 9.52. The molecule has 4 rings (SSSR count). The molecular formula is C29H31F3N4O6S. The maximum absolute atomic E-state index is 13.3. The standard InChI is InChI=1S/C29H31F3N4O6S/c1-18(2)15-22(35-28(39)25-12-11-24(42-25)19-7-5-8-20(16-19)29(30,31)32)27(38)34-21-9-6-14-36(17-23(21)37)43(40,41)26-10-3-4-13-33-26/h3-5,7-8,10-13,16,18,21-22H,6,9,14-15,17H2,1-2H3,(H,34,38)(H,35,39)/t21?,22-/m0/s1. The van der Waals surface area contributed by atoms with Gasteiger partial charge in [0.25, 0.3) is 15.9 Å². The van der Waals surface area contributed by atoms with E-state index in [2.05, 4.69) is 15.6 Å². The highest BCUT2D eigenvalue weighted by Crippen LogP contribution is 2.32. The first-order valence-electron chi connectivity index (χ1n) is 13.6. The predicted molar refractivity (Wildman–Crippen MR) is 149 cm³/mol. The second kappa shape index (κ2) is 13.1. The third kappa shape index (κ3) is 7.87. The first-order valence-corrected chi connectivity index (χ1v) is 15.0. The number of benzene rings is 1. The number of carbonyl (C=O) groups is 3. The number of rotatable bonds is 9. The van der Waals surface area contributed by atoms with Crippen molar-refractivity contribution in [3.05, 3.63) is 72.1 Å². The molecule has 2 amide bonds. The predicted octanol–water partition coefficient (Wildman–Crippen LogP) is 4.04. The average Bonchev–Trinajstić information content (AvgIpc) is 3.38. The third-order valence-corrected chi connectivity index (χ3v) is 8.57. The van der Waals surface area contributed by atoms with Crippen LogP contribution in [0.25, 0.3) is 11.3 Å². The summed E-state index contributed by atoms with van der Waals surface area (Å²) in [6.45, 7) is 3.29. The van der Waals surface area contributed by atoms with Crippen molar-refractivity contribution in [2.24, 2.45) is 5.92 Å².